The van der Waals surface area contributed by atoms with Gasteiger partial charge in [0.1, 0.15) is 5.82 Å². The molecule has 0 saturated heterocycles. The highest BCUT2D eigenvalue weighted by atomic mass is 32.2. The Morgan fingerprint density at radius 2 is 2.16 bits per heavy atom. The minimum atomic E-state index is -0.310. The second-order valence-electron chi connectivity index (χ2n) is 4.92. The monoisotopic (exact) mass is 283 g/mol. The predicted molar refractivity (Wildman–Crippen MR) is 80.6 cm³/mol. The molecule has 106 valence electrons. The summed E-state index contributed by atoms with van der Waals surface area (Å²) in [6.45, 7) is 4.55. The summed E-state index contributed by atoms with van der Waals surface area (Å²) in [7, 11) is 2.02. The molecule has 0 bridgehead atoms. The maximum Gasteiger partial charge on any atom is 0.164 e. The van der Waals surface area contributed by atoms with Crippen molar-refractivity contribution in [3.8, 4) is 0 Å². The van der Waals surface area contributed by atoms with Crippen LogP contribution in [0.5, 0.6) is 0 Å². The Bertz CT molecular complexity index is 436. The number of carbonyl (C=O) groups excluding carboxylic acids is 1. The molecule has 1 rings (SSSR count). The van der Waals surface area contributed by atoms with Crippen LogP contribution in [0.1, 0.15) is 29.3 Å². The molecule has 0 radical (unpaired) electrons. The van der Waals surface area contributed by atoms with Gasteiger partial charge in [0.15, 0.2) is 5.78 Å². The van der Waals surface area contributed by atoms with Crippen molar-refractivity contribution in [2.24, 2.45) is 0 Å². The van der Waals surface area contributed by atoms with E-state index in [0.29, 0.717) is 30.1 Å². The largest absolute Gasteiger partial charge is 0.302 e. The summed E-state index contributed by atoms with van der Waals surface area (Å²) < 4.78 is 13.4. The Balaban J connectivity index is 2.53. The van der Waals surface area contributed by atoms with E-state index in [1.54, 1.807) is 30.8 Å². The number of thioether (sulfide) groups is 1. The van der Waals surface area contributed by atoms with Crippen molar-refractivity contribution in [1.29, 1.82) is 0 Å². The maximum atomic E-state index is 13.4. The second-order valence-corrected chi connectivity index (χ2v) is 5.83. The summed E-state index contributed by atoms with van der Waals surface area (Å²) in [5, 5.41) is 0. The molecule has 0 heterocycles. The molecule has 0 fully saturated rings. The molecule has 0 saturated carbocycles. The molecule has 4 heteroatoms. The van der Waals surface area contributed by atoms with E-state index in [4.69, 9.17) is 0 Å². The number of aryl methyl sites for hydroxylation is 1. The average Bonchev–Trinajstić information content (AvgIpc) is 2.39. The molecular formula is C15H22FNOS. The first-order chi connectivity index (χ1) is 8.95. The van der Waals surface area contributed by atoms with Gasteiger partial charge >= 0.3 is 0 Å². The zero-order valence-corrected chi connectivity index (χ0v) is 12.9. The van der Waals surface area contributed by atoms with Gasteiger partial charge in [0, 0.05) is 30.3 Å². The fourth-order valence-electron chi connectivity index (χ4n) is 1.78. The van der Waals surface area contributed by atoms with E-state index in [2.05, 4.69) is 18.1 Å². The molecule has 0 aliphatic rings. The minimum Gasteiger partial charge on any atom is -0.302 e. The Hall–Kier alpha value is -0.870. The molecule has 1 unspecified atom stereocenters. The molecule has 1 atom stereocenters. The highest BCUT2D eigenvalue weighted by Crippen LogP contribution is 2.12. The van der Waals surface area contributed by atoms with Crippen molar-refractivity contribution in [1.82, 2.24) is 4.90 Å². The third kappa shape index (κ3) is 4.96. The maximum absolute atomic E-state index is 13.4. The molecule has 0 N–H and O–H groups in total. The molecule has 2 nitrogen and oxygen atoms in total. The van der Waals surface area contributed by atoms with Crippen molar-refractivity contribution >= 4 is 17.5 Å². The Kier molecular flexibility index (Phi) is 6.52. The summed E-state index contributed by atoms with van der Waals surface area (Å²) in [4.78, 5) is 14.2. The second kappa shape index (κ2) is 7.65. The topological polar surface area (TPSA) is 20.3 Å². The third-order valence-electron chi connectivity index (χ3n) is 3.35. The number of hydrogen-bond donors (Lipinski definition) is 0. The smallest absolute Gasteiger partial charge is 0.164 e. The Labute approximate surface area is 119 Å². The van der Waals surface area contributed by atoms with Crippen molar-refractivity contribution in [3.05, 3.63) is 35.1 Å². The van der Waals surface area contributed by atoms with E-state index in [1.165, 1.54) is 6.07 Å². The fraction of sp³-hybridized carbons (Fsp3) is 0.533. The Morgan fingerprint density at radius 1 is 1.47 bits per heavy atom. The summed E-state index contributed by atoms with van der Waals surface area (Å²) >= 11 is 1.80. The van der Waals surface area contributed by atoms with E-state index in [0.717, 1.165) is 5.75 Å². The zero-order chi connectivity index (χ0) is 14.4. The number of Topliss-reactive ketones (excluding diaryl/α,β-unsaturated/α-hetero) is 1. The summed E-state index contributed by atoms with van der Waals surface area (Å²) in [5.74, 6) is 0.737. The van der Waals surface area contributed by atoms with Gasteiger partial charge in [-0.1, -0.05) is 12.1 Å². The van der Waals surface area contributed by atoms with Crippen LogP contribution in [0.4, 0.5) is 4.39 Å². The van der Waals surface area contributed by atoms with Crippen LogP contribution in [0, 0.1) is 12.7 Å². The van der Waals surface area contributed by atoms with Crippen LogP contribution >= 0.6 is 11.8 Å². The molecule has 1 aromatic rings. The summed E-state index contributed by atoms with van der Waals surface area (Å²) in [6.07, 6.45) is 2.50. The van der Waals surface area contributed by atoms with Crippen molar-refractivity contribution < 1.29 is 9.18 Å². The van der Waals surface area contributed by atoms with Crippen molar-refractivity contribution in [3.63, 3.8) is 0 Å². The van der Waals surface area contributed by atoms with E-state index < -0.39 is 0 Å². The highest BCUT2D eigenvalue weighted by Gasteiger charge is 2.12. The van der Waals surface area contributed by atoms with Crippen LogP contribution in [0.3, 0.4) is 0 Å². The normalized spacial score (nSPS) is 12.7. The van der Waals surface area contributed by atoms with E-state index >= 15 is 0 Å². The van der Waals surface area contributed by atoms with E-state index in [-0.39, 0.29) is 11.6 Å². The van der Waals surface area contributed by atoms with E-state index in [1.807, 2.05) is 7.05 Å². The number of nitrogens with zero attached hydrogens (tertiary/aromatic N) is 1. The van der Waals surface area contributed by atoms with Gasteiger partial charge in [0.25, 0.3) is 0 Å². The van der Waals surface area contributed by atoms with Gasteiger partial charge in [-0.25, -0.2) is 4.39 Å². The van der Waals surface area contributed by atoms with E-state index in [9.17, 15) is 9.18 Å². The zero-order valence-electron chi connectivity index (χ0n) is 12.1. The van der Waals surface area contributed by atoms with Gasteiger partial charge in [-0.2, -0.15) is 11.8 Å². The Morgan fingerprint density at radius 3 is 2.74 bits per heavy atom. The molecule has 19 heavy (non-hydrogen) atoms. The number of hydrogen-bond acceptors (Lipinski definition) is 3. The van der Waals surface area contributed by atoms with Gasteiger partial charge < -0.3 is 4.90 Å². The first kappa shape index (κ1) is 16.2. The van der Waals surface area contributed by atoms with Crippen molar-refractivity contribution in [2.75, 3.05) is 25.6 Å². The summed E-state index contributed by atoms with van der Waals surface area (Å²) in [6, 6.07) is 5.13. The van der Waals surface area contributed by atoms with Gasteiger partial charge in [-0.05, 0) is 38.8 Å². The molecule has 0 aliphatic heterocycles. The molecule has 0 aromatic heterocycles. The number of ketones is 1. The van der Waals surface area contributed by atoms with Crippen LogP contribution < -0.4 is 0 Å². The van der Waals surface area contributed by atoms with Gasteiger partial charge in [0.2, 0.25) is 0 Å². The molecule has 0 spiro atoms. The quantitative estimate of drug-likeness (QED) is 0.715. The third-order valence-corrected chi connectivity index (χ3v) is 4.16. The van der Waals surface area contributed by atoms with Crippen LogP contribution in [0.15, 0.2) is 18.2 Å². The van der Waals surface area contributed by atoms with Gasteiger partial charge in [-0.3, -0.25) is 4.79 Å². The standard InChI is InChI=1S/C15H22FNOS/c1-11-5-6-13(9-14(11)16)15(18)7-8-17(3)12(2)10-19-4/h5-6,9,12H,7-8,10H2,1-4H3. The number of carbonyl (C=O) groups is 1. The van der Waals surface area contributed by atoms with Crippen LogP contribution in [0.25, 0.3) is 0 Å². The lowest BCUT2D eigenvalue weighted by Crippen LogP contribution is -2.32. The molecule has 0 aliphatic carbocycles. The SMILES string of the molecule is CSCC(C)N(C)CCC(=O)c1ccc(C)c(F)c1. The number of rotatable bonds is 7. The molecule has 1 aromatic carbocycles. The fourth-order valence-corrected chi connectivity index (χ4v) is 2.51. The number of benzene rings is 1. The van der Waals surface area contributed by atoms with Crippen LogP contribution in [-0.2, 0) is 0 Å². The first-order valence-electron chi connectivity index (χ1n) is 6.44. The van der Waals surface area contributed by atoms with Crippen LogP contribution in [0.2, 0.25) is 0 Å². The minimum absolute atomic E-state index is 0.00195. The van der Waals surface area contributed by atoms with Gasteiger partial charge in [-0.15, -0.1) is 0 Å². The predicted octanol–water partition coefficient (Wildman–Crippen LogP) is 3.39. The highest BCUT2D eigenvalue weighted by molar-refractivity contribution is 7.98. The average molecular weight is 283 g/mol. The first-order valence-corrected chi connectivity index (χ1v) is 7.83. The lowest BCUT2D eigenvalue weighted by atomic mass is 10.1. The lowest BCUT2D eigenvalue weighted by Gasteiger charge is -2.23. The van der Waals surface area contributed by atoms with Gasteiger partial charge in [0.05, 0.1) is 0 Å². The lowest BCUT2D eigenvalue weighted by molar-refractivity contribution is 0.0964. The number of halogens is 1. The molecular weight excluding hydrogens is 261 g/mol. The van der Waals surface area contributed by atoms with Crippen LogP contribution in [-0.4, -0.2) is 42.3 Å². The van der Waals surface area contributed by atoms with Crippen molar-refractivity contribution in [2.45, 2.75) is 26.3 Å². The summed E-state index contributed by atoms with van der Waals surface area (Å²) in [5.41, 5.74) is 1.04. The molecule has 0 amide bonds.